The van der Waals surface area contributed by atoms with Crippen molar-refractivity contribution in [2.45, 2.75) is 37.5 Å². The highest BCUT2D eigenvalue weighted by atomic mass is 32.2. The monoisotopic (exact) mass is 445 g/mol. The fraction of sp³-hybridized carbons (Fsp3) is 0.409. The maximum Gasteiger partial charge on any atom is 0.186 e. The highest BCUT2D eigenvalue weighted by molar-refractivity contribution is 8.14. The molecule has 0 bridgehead atoms. The van der Waals surface area contributed by atoms with Crippen LogP contribution in [0, 0.1) is 11.7 Å². The summed E-state index contributed by atoms with van der Waals surface area (Å²) in [5.74, 6) is -0.241. The molecule has 1 aliphatic carbocycles. The van der Waals surface area contributed by atoms with Crippen LogP contribution in [0.15, 0.2) is 35.2 Å². The number of anilines is 1. The van der Waals surface area contributed by atoms with Gasteiger partial charge in [0, 0.05) is 42.1 Å². The van der Waals surface area contributed by atoms with Gasteiger partial charge in [0.15, 0.2) is 16.0 Å². The largest absolute Gasteiger partial charge is 0.375 e. The first-order valence-electron chi connectivity index (χ1n) is 10.0. The first kappa shape index (κ1) is 21.2. The van der Waals surface area contributed by atoms with E-state index in [0.29, 0.717) is 30.2 Å². The Labute approximate surface area is 183 Å². The number of rotatable bonds is 6. The zero-order chi connectivity index (χ0) is 21.3. The number of piperidine rings is 1. The lowest BCUT2D eigenvalue weighted by Crippen LogP contribution is -2.43. The Balaban J connectivity index is 1.66. The van der Waals surface area contributed by atoms with Gasteiger partial charge in [0.1, 0.15) is 5.82 Å². The van der Waals surface area contributed by atoms with Gasteiger partial charge in [-0.25, -0.2) is 9.37 Å². The molecule has 1 saturated carbocycles. The molecule has 1 aliphatic heterocycles. The Hall–Kier alpha value is -2.03. The molecule has 2 heterocycles. The van der Waals surface area contributed by atoms with Gasteiger partial charge in [0.2, 0.25) is 0 Å². The number of carbonyl (C=O) groups excluding carboxylic acids is 2. The van der Waals surface area contributed by atoms with Crippen molar-refractivity contribution in [2.75, 3.05) is 18.8 Å². The van der Waals surface area contributed by atoms with Crippen LogP contribution in [0.3, 0.4) is 0 Å². The second-order valence-electron chi connectivity index (χ2n) is 7.79. The summed E-state index contributed by atoms with van der Waals surface area (Å²) in [7, 11) is 0. The van der Waals surface area contributed by atoms with Crippen LogP contribution in [-0.4, -0.2) is 39.1 Å². The Morgan fingerprint density at radius 3 is 2.73 bits per heavy atom. The predicted molar refractivity (Wildman–Crippen MR) is 120 cm³/mol. The van der Waals surface area contributed by atoms with Crippen molar-refractivity contribution < 1.29 is 14.0 Å². The van der Waals surface area contributed by atoms with Crippen molar-refractivity contribution >= 4 is 45.2 Å². The Morgan fingerprint density at radius 1 is 1.33 bits per heavy atom. The van der Waals surface area contributed by atoms with Gasteiger partial charge in [-0.05, 0) is 37.0 Å². The summed E-state index contributed by atoms with van der Waals surface area (Å²) < 4.78 is 14.7. The van der Waals surface area contributed by atoms with Crippen LogP contribution in [-0.2, 0) is 9.59 Å². The number of ketones is 1. The molecule has 158 valence electrons. The molecule has 2 aliphatic rings. The molecule has 1 aromatic carbocycles. The van der Waals surface area contributed by atoms with E-state index in [0.717, 1.165) is 24.1 Å². The Kier molecular flexibility index (Phi) is 6.36. The number of benzene rings is 1. The summed E-state index contributed by atoms with van der Waals surface area (Å²) in [5, 5.41) is 2.43. The van der Waals surface area contributed by atoms with E-state index in [1.54, 1.807) is 25.1 Å². The molecule has 0 amide bonds. The lowest BCUT2D eigenvalue weighted by Gasteiger charge is -2.38. The van der Waals surface area contributed by atoms with Crippen molar-refractivity contribution in [1.82, 2.24) is 9.88 Å². The number of nitrogens with two attached hydrogens (primary N) is 1. The van der Waals surface area contributed by atoms with Gasteiger partial charge in [0.25, 0.3) is 0 Å². The molecule has 2 fully saturated rings. The molecule has 5 nitrogen and oxygen atoms in total. The zero-order valence-electron chi connectivity index (χ0n) is 16.7. The number of Topliss-reactive ketones (excluding diaryl/α,β-unsaturated/α-hetero) is 1. The number of nitrogens with zero attached hydrogens (tertiary/aromatic N) is 2. The molecule has 4 rings (SSSR count). The lowest BCUT2D eigenvalue weighted by atomic mass is 9.93. The van der Waals surface area contributed by atoms with E-state index in [1.165, 1.54) is 29.2 Å². The molecule has 2 unspecified atom stereocenters. The van der Waals surface area contributed by atoms with Gasteiger partial charge in [-0.1, -0.05) is 30.0 Å². The first-order chi connectivity index (χ1) is 14.4. The number of carbonyl (C=O) groups is 2. The van der Waals surface area contributed by atoms with Gasteiger partial charge in [-0.2, -0.15) is 0 Å². The van der Waals surface area contributed by atoms with Crippen molar-refractivity contribution in [3.8, 4) is 0 Å². The first-order valence-corrected chi connectivity index (χ1v) is 11.8. The maximum atomic E-state index is 14.7. The van der Waals surface area contributed by atoms with Gasteiger partial charge >= 0.3 is 0 Å². The maximum absolute atomic E-state index is 14.7. The summed E-state index contributed by atoms with van der Waals surface area (Å²) >= 11 is 2.66. The van der Waals surface area contributed by atoms with E-state index < -0.39 is 6.04 Å². The molecule has 2 atom stereocenters. The molecule has 30 heavy (non-hydrogen) atoms. The number of hydrogen-bond donors (Lipinski definition) is 1. The molecule has 0 spiro atoms. The highest BCUT2D eigenvalue weighted by Gasteiger charge is 2.41. The van der Waals surface area contributed by atoms with Crippen LogP contribution >= 0.6 is 23.1 Å². The molecule has 2 N–H and O–H groups in total. The summed E-state index contributed by atoms with van der Waals surface area (Å²) in [6.07, 6.45) is 4.42. The summed E-state index contributed by atoms with van der Waals surface area (Å²) in [6, 6.07) is 5.94. The van der Waals surface area contributed by atoms with Gasteiger partial charge < -0.3 is 5.73 Å². The van der Waals surface area contributed by atoms with E-state index >= 15 is 0 Å². The standard InChI is InChI=1S/C22H24FN3O2S2/c1-13(27)30-19-8-9-26(11-15(19)10-16-12-29-22(24)25-16)20(21(28)14-6-7-14)17-4-2-3-5-18(17)23/h2-5,10,12,14,19-20H,6-9,11H2,1H3,(H2,24,25)/b15-10+. The Bertz CT molecular complexity index is 986. The summed E-state index contributed by atoms with van der Waals surface area (Å²) in [6.45, 7) is 2.67. The van der Waals surface area contributed by atoms with Crippen molar-refractivity contribution in [2.24, 2.45) is 5.92 Å². The molecular weight excluding hydrogens is 421 g/mol. The average Bonchev–Trinajstić information content (AvgIpc) is 3.47. The van der Waals surface area contributed by atoms with Crippen LogP contribution in [0.5, 0.6) is 0 Å². The Morgan fingerprint density at radius 2 is 2.10 bits per heavy atom. The fourth-order valence-corrected chi connectivity index (χ4v) is 5.39. The van der Waals surface area contributed by atoms with Crippen LogP contribution in [0.1, 0.15) is 43.5 Å². The molecule has 2 aromatic rings. The number of thioether (sulfide) groups is 1. The third kappa shape index (κ3) is 4.82. The summed E-state index contributed by atoms with van der Waals surface area (Å²) in [4.78, 5) is 31.3. The van der Waals surface area contributed by atoms with E-state index in [2.05, 4.69) is 9.88 Å². The van der Waals surface area contributed by atoms with Crippen molar-refractivity contribution in [1.29, 1.82) is 0 Å². The second-order valence-corrected chi connectivity index (χ2v) is 10.1. The van der Waals surface area contributed by atoms with Crippen LogP contribution in [0.4, 0.5) is 9.52 Å². The van der Waals surface area contributed by atoms with Crippen molar-refractivity contribution in [3.63, 3.8) is 0 Å². The van der Waals surface area contributed by atoms with E-state index in [-0.39, 0.29) is 27.9 Å². The molecule has 0 radical (unpaired) electrons. The second kappa shape index (κ2) is 8.99. The third-order valence-corrected chi connectivity index (χ3v) is 7.32. The average molecular weight is 446 g/mol. The van der Waals surface area contributed by atoms with Gasteiger partial charge in [-0.3, -0.25) is 14.5 Å². The normalized spacial score (nSPS) is 22.2. The van der Waals surface area contributed by atoms with E-state index in [9.17, 15) is 14.0 Å². The van der Waals surface area contributed by atoms with Crippen molar-refractivity contribution in [3.05, 3.63) is 52.3 Å². The van der Waals surface area contributed by atoms with Crippen LogP contribution in [0.2, 0.25) is 0 Å². The number of halogens is 1. The quantitative estimate of drug-likeness (QED) is 0.714. The van der Waals surface area contributed by atoms with E-state index in [1.807, 2.05) is 11.5 Å². The smallest absolute Gasteiger partial charge is 0.186 e. The van der Waals surface area contributed by atoms with Gasteiger partial charge in [-0.15, -0.1) is 11.3 Å². The molecule has 1 aromatic heterocycles. The highest BCUT2D eigenvalue weighted by Crippen LogP contribution is 2.40. The number of likely N-dealkylation sites (tertiary alicyclic amines) is 1. The number of thiazole rings is 1. The number of aromatic nitrogens is 1. The fourth-order valence-electron chi connectivity index (χ4n) is 3.95. The zero-order valence-corrected chi connectivity index (χ0v) is 18.3. The summed E-state index contributed by atoms with van der Waals surface area (Å²) in [5.41, 5.74) is 7.96. The van der Waals surface area contributed by atoms with Gasteiger partial charge in [0.05, 0.1) is 11.7 Å². The van der Waals surface area contributed by atoms with Crippen LogP contribution in [0.25, 0.3) is 6.08 Å². The number of nitrogen functional groups attached to an aromatic ring is 1. The van der Waals surface area contributed by atoms with Crippen LogP contribution < -0.4 is 5.73 Å². The minimum absolute atomic E-state index is 0.0129. The number of hydrogen-bond acceptors (Lipinski definition) is 7. The molecule has 1 saturated heterocycles. The topological polar surface area (TPSA) is 76.3 Å². The SMILES string of the molecule is CC(=O)SC1CCN(C(C(=O)C2CC2)c2ccccc2F)C/C1=C\c1csc(N)n1. The van der Waals surface area contributed by atoms with E-state index in [4.69, 9.17) is 5.73 Å². The molecule has 8 heteroatoms. The minimum atomic E-state index is -0.606. The minimum Gasteiger partial charge on any atom is -0.375 e. The third-order valence-electron chi connectivity index (χ3n) is 5.47. The predicted octanol–water partition coefficient (Wildman–Crippen LogP) is 4.32. The lowest BCUT2D eigenvalue weighted by molar-refractivity contribution is -0.126. The molecular formula is C22H24FN3O2S2.